The number of amides is 1. The molecule has 0 aliphatic heterocycles. The fourth-order valence-corrected chi connectivity index (χ4v) is 1.69. The van der Waals surface area contributed by atoms with Gasteiger partial charge in [0.2, 0.25) is 5.91 Å². The molecule has 2 rings (SSSR count). The summed E-state index contributed by atoms with van der Waals surface area (Å²) in [5, 5.41) is 4.92. The van der Waals surface area contributed by atoms with Gasteiger partial charge in [-0.1, -0.05) is 24.0 Å². The van der Waals surface area contributed by atoms with E-state index in [1.165, 1.54) is 6.92 Å². The van der Waals surface area contributed by atoms with Crippen LogP contribution < -0.4 is 5.32 Å². The predicted octanol–water partition coefficient (Wildman–Crippen LogP) is 2.11. The van der Waals surface area contributed by atoms with Crippen LogP contribution in [0.2, 0.25) is 0 Å². The van der Waals surface area contributed by atoms with Crippen LogP contribution in [0.1, 0.15) is 18.9 Å². The minimum absolute atomic E-state index is 0.0203. The highest BCUT2D eigenvalue weighted by Gasteiger charge is 1.96. The van der Waals surface area contributed by atoms with Gasteiger partial charge in [-0.3, -0.25) is 9.78 Å². The van der Waals surface area contributed by atoms with Crippen molar-refractivity contribution in [1.29, 1.82) is 0 Å². The van der Waals surface area contributed by atoms with E-state index < -0.39 is 0 Å². The van der Waals surface area contributed by atoms with Crippen molar-refractivity contribution in [2.45, 2.75) is 13.3 Å². The molecule has 1 aromatic heterocycles. The zero-order valence-electron chi connectivity index (χ0n) is 10.2. The molecule has 1 amide bonds. The molecule has 0 saturated carbocycles. The normalized spacial score (nSPS) is 9.61. The largest absolute Gasteiger partial charge is 0.355 e. The average Bonchev–Trinajstić information content (AvgIpc) is 2.38. The van der Waals surface area contributed by atoms with Crippen LogP contribution in [0, 0.1) is 11.8 Å². The Labute approximate surface area is 106 Å². The van der Waals surface area contributed by atoms with E-state index in [0.29, 0.717) is 13.0 Å². The molecule has 0 unspecified atom stereocenters. The second kappa shape index (κ2) is 5.83. The van der Waals surface area contributed by atoms with Gasteiger partial charge in [-0.25, -0.2) is 0 Å². The number of pyridine rings is 1. The monoisotopic (exact) mass is 238 g/mol. The molecule has 0 radical (unpaired) electrons. The average molecular weight is 238 g/mol. The van der Waals surface area contributed by atoms with Gasteiger partial charge in [0.05, 0.1) is 0 Å². The van der Waals surface area contributed by atoms with Crippen molar-refractivity contribution in [3.63, 3.8) is 0 Å². The molecular formula is C15H14N2O. The van der Waals surface area contributed by atoms with Crippen LogP contribution in [0.4, 0.5) is 0 Å². The molecule has 1 heterocycles. The molecule has 3 nitrogen and oxygen atoms in total. The third kappa shape index (κ3) is 3.08. The first-order chi connectivity index (χ1) is 8.77. The molecule has 90 valence electrons. The maximum Gasteiger partial charge on any atom is 0.216 e. The van der Waals surface area contributed by atoms with Gasteiger partial charge in [-0.15, -0.1) is 0 Å². The number of aromatic nitrogens is 1. The molecule has 0 aliphatic carbocycles. The van der Waals surface area contributed by atoms with Crippen LogP contribution in [-0.4, -0.2) is 17.4 Å². The lowest BCUT2D eigenvalue weighted by atomic mass is 10.1. The SMILES string of the molecule is CC(=O)NCCC#Cc1cccc2cnccc12. The van der Waals surface area contributed by atoms with E-state index >= 15 is 0 Å². The van der Waals surface area contributed by atoms with Crippen molar-refractivity contribution in [1.82, 2.24) is 10.3 Å². The smallest absolute Gasteiger partial charge is 0.216 e. The molecule has 1 aromatic carbocycles. The highest BCUT2D eigenvalue weighted by atomic mass is 16.1. The minimum atomic E-state index is -0.0203. The van der Waals surface area contributed by atoms with E-state index in [4.69, 9.17) is 0 Å². The first-order valence-electron chi connectivity index (χ1n) is 5.83. The summed E-state index contributed by atoms with van der Waals surface area (Å²) < 4.78 is 0. The number of nitrogens with one attached hydrogen (secondary N) is 1. The summed E-state index contributed by atoms with van der Waals surface area (Å²) >= 11 is 0. The molecule has 1 N–H and O–H groups in total. The zero-order valence-corrected chi connectivity index (χ0v) is 10.2. The van der Waals surface area contributed by atoms with Crippen molar-refractivity contribution in [3.05, 3.63) is 42.2 Å². The Hall–Kier alpha value is -2.34. The lowest BCUT2D eigenvalue weighted by Gasteiger charge is -1.99. The zero-order chi connectivity index (χ0) is 12.8. The molecule has 18 heavy (non-hydrogen) atoms. The summed E-state index contributed by atoms with van der Waals surface area (Å²) in [5.41, 5.74) is 0.998. The second-order valence-corrected chi connectivity index (χ2v) is 3.94. The van der Waals surface area contributed by atoms with Gasteiger partial charge in [-0.2, -0.15) is 0 Å². The number of hydrogen-bond donors (Lipinski definition) is 1. The van der Waals surface area contributed by atoms with Crippen LogP contribution in [0.15, 0.2) is 36.7 Å². The summed E-state index contributed by atoms with van der Waals surface area (Å²) in [6, 6.07) is 7.95. The minimum Gasteiger partial charge on any atom is -0.355 e. The Bertz CT molecular complexity index is 618. The maximum atomic E-state index is 10.7. The van der Waals surface area contributed by atoms with Crippen molar-refractivity contribution in [2.75, 3.05) is 6.54 Å². The van der Waals surface area contributed by atoms with Crippen molar-refractivity contribution in [3.8, 4) is 11.8 Å². The summed E-state index contributed by atoms with van der Waals surface area (Å²) in [6.45, 7) is 2.10. The van der Waals surface area contributed by atoms with Gasteiger partial charge < -0.3 is 5.32 Å². The fraction of sp³-hybridized carbons (Fsp3) is 0.200. The van der Waals surface area contributed by atoms with Gasteiger partial charge in [-0.05, 0) is 12.1 Å². The summed E-state index contributed by atoms with van der Waals surface area (Å²) in [7, 11) is 0. The molecule has 3 heteroatoms. The molecule has 0 saturated heterocycles. The van der Waals surface area contributed by atoms with Gasteiger partial charge in [0.25, 0.3) is 0 Å². The number of hydrogen-bond acceptors (Lipinski definition) is 2. The Morgan fingerprint density at radius 1 is 1.39 bits per heavy atom. The summed E-state index contributed by atoms with van der Waals surface area (Å²) in [6.07, 6.45) is 4.25. The van der Waals surface area contributed by atoms with Crippen molar-refractivity contribution >= 4 is 16.7 Å². The highest BCUT2D eigenvalue weighted by molar-refractivity contribution is 5.87. The number of nitrogens with zero attached hydrogens (tertiary/aromatic N) is 1. The van der Waals surface area contributed by atoms with Crippen molar-refractivity contribution < 1.29 is 4.79 Å². The quantitative estimate of drug-likeness (QED) is 0.643. The van der Waals surface area contributed by atoms with Gasteiger partial charge in [0.15, 0.2) is 0 Å². The van der Waals surface area contributed by atoms with E-state index in [0.717, 1.165) is 16.3 Å². The topological polar surface area (TPSA) is 42.0 Å². The van der Waals surface area contributed by atoms with E-state index in [1.807, 2.05) is 30.5 Å². The molecule has 0 atom stereocenters. The number of fused-ring (bicyclic) bond motifs is 1. The van der Waals surface area contributed by atoms with E-state index in [-0.39, 0.29) is 5.91 Å². The fourth-order valence-electron chi connectivity index (χ4n) is 1.69. The van der Waals surface area contributed by atoms with Crippen LogP contribution >= 0.6 is 0 Å². The van der Waals surface area contributed by atoms with Crippen molar-refractivity contribution in [2.24, 2.45) is 0 Å². The molecular weight excluding hydrogens is 224 g/mol. The van der Waals surface area contributed by atoms with Crippen LogP contribution in [0.5, 0.6) is 0 Å². The number of carbonyl (C=O) groups excluding carboxylic acids is 1. The lowest BCUT2D eigenvalue weighted by molar-refractivity contribution is -0.118. The van der Waals surface area contributed by atoms with Gasteiger partial charge in [0.1, 0.15) is 0 Å². The standard InChI is InChI=1S/C15H14N2O/c1-12(18)17-9-3-2-5-13-6-4-7-14-11-16-10-8-15(13)14/h4,6-8,10-11H,3,9H2,1H3,(H,17,18). The number of benzene rings is 1. The van der Waals surface area contributed by atoms with E-state index in [9.17, 15) is 4.79 Å². The summed E-state index contributed by atoms with van der Waals surface area (Å²) in [5.74, 6) is 6.18. The Morgan fingerprint density at radius 3 is 3.11 bits per heavy atom. The first-order valence-corrected chi connectivity index (χ1v) is 5.83. The van der Waals surface area contributed by atoms with E-state index in [2.05, 4.69) is 22.1 Å². The van der Waals surface area contributed by atoms with Crippen LogP contribution in [0.3, 0.4) is 0 Å². The second-order valence-electron chi connectivity index (χ2n) is 3.94. The number of rotatable bonds is 2. The van der Waals surface area contributed by atoms with Gasteiger partial charge in [0, 0.05) is 48.6 Å². The Balaban J connectivity index is 2.12. The molecule has 0 aliphatic rings. The highest BCUT2D eigenvalue weighted by Crippen LogP contribution is 2.16. The predicted molar refractivity (Wildman–Crippen MR) is 71.9 cm³/mol. The number of carbonyl (C=O) groups is 1. The lowest BCUT2D eigenvalue weighted by Crippen LogP contribution is -2.20. The maximum absolute atomic E-state index is 10.7. The Kier molecular flexibility index (Phi) is 3.93. The third-order valence-corrected chi connectivity index (χ3v) is 2.53. The molecule has 2 aromatic rings. The van der Waals surface area contributed by atoms with E-state index in [1.54, 1.807) is 6.20 Å². The summed E-state index contributed by atoms with van der Waals surface area (Å²) in [4.78, 5) is 14.8. The van der Waals surface area contributed by atoms with Gasteiger partial charge >= 0.3 is 0 Å². The van der Waals surface area contributed by atoms with Crippen LogP contribution in [-0.2, 0) is 4.79 Å². The first kappa shape index (κ1) is 12.1. The molecule has 0 spiro atoms. The Morgan fingerprint density at radius 2 is 2.28 bits per heavy atom. The third-order valence-electron chi connectivity index (χ3n) is 2.53. The van der Waals surface area contributed by atoms with Crippen LogP contribution in [0.25, 0.3) is 10.8 Å². The molecule has 0 bridgehead atoms. The molecule has 0 fully saturated rings.